The van der Waals surface area contributed by atoms with Crippen LogP contribution in [0.1, 0.15) is 37.8 Å². The summed E-state index contributed by atoms with van der Waals surface area (Å²) in [4.78, 5) is 11.6. The molecular weight excluding hydrogens is 212 g/mol. The Morgan fingerprint density at radius 2 is 2.00 bits per heavy atom. The molecule has 0 saturated heterocycles. The van der Waals surface area contributed by atoms with Gasteiger partial charge >= 0.3 is 5.97 Å². The van der Waals surface area contributed by atoms with Crippen molar-refractivity contribution in [3.8, 4) is 0 Å². The van der Waals surface area contributed by atoms with Gasteiger partial charge in [-0.15, -0.1) is 0 Å². The molecule has 1 aromatic rings. The van der Waals surface area contributed by atoms with Gasteiger partial charge in [-0.05, 0) is 35.5 Å². The van der Waals surface area contributed by atoms with Crippen LogP contribution >= 0.6 is 0 Å². The minimum atomic E-state index is -0.211. The number of hydrogen-bond acceptors (Lipinski definition) is 2. The van der Waals surface area contributed by atoms with E-state index in [0.717, 1.165) is 24.0 Å². The number of benzene rings is 1. The van der Waals surface area contributed by atoms with E-state index >= 15 is 0 Å². The fourth-order valence-electron chi connectivity index (χ4n) is 2.37. The van der Waals surface area contributed by atoms with Gasteiger partial charge in [-0.3, -0.25) is 0 Å². The van der Waals surface area contributed by atoms with Crippen LogP contribution in [0.15, 0.2) is 29.8 Å². The summed E-state index contributed by atoms with van der Waals surface area (Å²) in [6, 6.07) is 8.26. The Morgan fingerprint density at radius 1 is 1.29 bits per heavy atom. The van der Waals surface area contributed by atoms with Crippen LogP contribution < -0.4 is 0 Å². The van der Waals surface area contributed by atoms with Crippen molar-refractivity contribution >= 4 is 12.0 Å². The zero-order valence-corrected chi connectivity index (χ0v) is 10.6. The van der Waals surface area contributed by atoms with E-state index in [1.807, 2.05) is 12.1 Å². The molecule has 1 aliphatic rings. The summed E-state index contributed by atoms with van der Waals surface area (Å²) >= 11 is 0. The minimum Gasteiger partial charge on any atom is -0.466 e. The van der Waals surface area contributed by atoms with Crippen LogP contribution in [0.25, 0.3) is 6.08 Å². The maximum atomic E-state index is 11.6. The first-order valence-electron chi connectivity index (χ1n) is 5.93. The van der Waals surface area contributed by atoms with Gasteiger partial charge < -0.3 is 4.74 Å². The van der Waals surface area contributed by atoms with Gasteiger partial charge in [0.1, 0.15) is 0 Å². The Kier molecular flexibility index (Phi) is 3.05. The summed E-state index contributed by atoms with van der Waals surface area (Å²) in [5, 5.41) is 0. The molecule has 0 radical (unpaired) electrons. The number of methoxy groups -OCH3 is 1. The Hall–Kier alpha value is -1.57. The summed E-state index contributed by atoms with van der Waals surface area (Å²) in [5.74, 6) is -0.211. The molecule has 0 amide bonds. The highest BCUT2D eigenvalue weighted by molar-refractivity contribution is 5.94. The van der Waals surface area contributed by atoms with Crippen molar-refractivity contribution < 1.29 is 9.53 Å². The van der Waals surface area contributed by atoms with Crippen LogP contribution in [0.2, 0.25) is 0 Å². The number of hydrogen-bond donors (Lipinski definition) is 0. The molecule has 0 aromatic heterocycles. The first-order chi connectivity index (χ1) is 8.04. The third-order valence-corrected chi connectivity index (χ3v) is 3.49. The Balaban J connectivity index is 2.50. The highest BCUT2D eigenvalue weighted by Gasteiger charge is 2.27. The van der Waals surface area contributed by atoms with Gasteiger partial charge in [-0.2, -0.15) is 0 Å². The third-order valence-electron chi connectivity index (χ3n) is 3.49. The summed E-state index contributed by atoms with van der Waals surface area (Å²) in [6.07, 6.45) is 3.70. The molecule has 2 rings (SSSR count). The molecule has 0 spiro atoms. The second-order valence-electron chi connectivity index (χ2n) is 5.13. The smallest absolute Gasteiger partial charge is 0.333 e. The molecule has 0 aliphatic heterocycles. The lowest BCUT2D eigenvalue weighted by Gasteiger charge is -2.25. The lowest BCUT2D eigenvalue weighted by Crippen LogP contribution is -2.17. The number of ether oxygens (including phenoxy) is 1. The molecule has 0 heterocycles. The number of esters is 1. The Morgan fingerprint density at radius 3 is 2.71 bits per heavy atom. The zero-order valence-electron chi connectivity index (χ0n) is 10.6. The third kappa shape index (κ3) is 2.26. The minimum absolute atomic E-state index is 0.100. The standard InChI is InChI=1S/C15H18O2/c1-15(2)9-8-12(14(16)17-3)10-11-6-4-5-7-13(11)15/h4-7,10H,8-9H2,1-3H3. The molecular formula is C15H18O2. The lowest BCUT2D eigenvalue weighted by atomic mass is 9.79. The number of carbonyl (C=O) groups excluding carboxylic acids is 1. The average Bonchev–Trinajstić information content (AvgIpc) is 2.46. The van der Waals surface area contributed by atoms with Crippen molar-refractivity contribution in [1.82, 2.24) is 0 Å². The van der Waals surface area contributed by atoms with E-state index in [2.05, 4.69) is 32.0 Å². The largest absolute Gasteiger partial charge is 0.466 e. The van der Waals surface area contributed by atoms with Crippen LogP contribution in [-0.2, 0) is 14.9 Å². The van der Waals surface area contributed by atoms with Crippen LogP contribution in [0.5, 0.6) is 0 Å². The fourth-order valence-corrected chi connectivity index (χ4v) is 2.37. The summed E-state index contributed by atoms with van der Waals surface area (Å²) in [6.45, 7) is 4.44. The topological polar surface area (TPSA) is 26.3 Å². The van der Waals surface area contributed by atoms with Crippen LogP contribution in [0, 0.1) is 0 Å². The van der Waals surface area contributed by atoms with E-state index in [9.17, 15) is 4.79 Å². The van der Waals surface area contributed by atoms with Gasteiger partial charge in [0.25, 0.3) is 0 Å². The monoisotopic (exact) mass is 230 g/mol. The lowest BCUT2D eigenvalue weighted by molar-refractivity contribution is -0.136. The second kappa shape index (κ2) is 4.36. The Bertz CT molecular complexity index is 470. The molecule has 90 valence electrons. The Labute approximate surface area is 102 Å². The zero-order chi connectivity index (χ0) is 12.5. The molecule has 0 unspecified atom stereocenters. The van der Waals surface area contributed by atoms with Gasteiger partial charge in [0.15, 0.2) is 0 Å². The van der Waals surface area contributed by atoms with Crippen molar-refractivity contribution in [2.24, 2.45) is 0 Å². The molecule has 0 fully saturated rings. The first kappa shape index (κ1) is 11.9. The van der Waals surface area contributed by atoms with Crippen LogP contribution in [-0.4, -0.2) is 13.1 Å². The van der Waals surface area contributed by atoms with E-state index in [1.165, 1.54) is 12.7 Å². The predicted molar refractivity (Wildman–Crippen MR) is 68.7 cm³/mol. The summed E-state index contributed by atoms with van der Waals surface area (Å²) in [5.41, 5.74) is 3.31. The number of fused-ring (bicyclic) bond motifs is 1. The number of rotatable bonds is 1. The molecule has 0 N–H and O–H groups in total. The normalized spacial score (nSPS) is 17.7. The molecule has 2 nitrogen and oxygen atoms in total. The second-order valence-corrected chi connectivity index (χ2v) is 5.13. The van der Waals surface area contributed by atoms with E-state index in [-0.39, 0.29) is 11.4 Å². The summed E-state index contributed by atoms with van der Waals surface area (Å²) < 4.78 is 4.82. The highest BCUT2D eigenvalue weighted by Crippen LogP contribution is 2.36. The summed E-state index contributed by atoms with van der Waals surface area (Å²) in [7, 11) is 1.44. The van der Waals surface area contributed by atoms with Crippen LogP contribution in [0.4, 0.5) is 0 Å². The van der Waals surface area contributed by atoms with Gasteiger partial charge in [0, 0.05) is 5.57 Å². The average molecular weight is 230 g/mol. The van der Waals surface area contributed by atoms with Crippen LogP contribution in [0.3, 0.4) is 0 Å². The van der Waals surface area contributed by atoms with Crippen molar-refractivity contribution in [3.05, 3.63) is 41.0 Å². The maximum Gasteiger partial charge on any atom is 0.333 e. The van der Waals surface area contributed by atoms with Gasteiger partial charge in [-0.25, -0.2) is 4.79 Å². The highest BCUT2D eigenvalue weighted by atomic mass is 16.5. The van der Waals surface area contributed by atoms with E-state index in [4.69, 9.17) is 4.74 Å². The molecule has 2 heteroatoms. The predicted octanol–water partition coefficient (Wildman–Crippen LogP) is 3.31. The van der Waals surface area contributed by atoms with Crippen molar-refractivity contribution in [2.75, 3.05) is 7.11 Å². The molecule has 0 atom stereocenters. The first-order valence-corrected chi connectivity index (χ1v) is 5.93. The van der Waals surface area contributed by atoms with Crippen molar-refractivity contribution in [2.45, 2.75) is 32.1 Å². The van der Waals surface area contributed by atoms with E-state index < -0.39 is 0 Å². The van der Waals surface area contributed by atoms with Gasteiger partial charge in [-0.1, -0.05) is 38.1 Å². The van der Waals surface area contributed by atoms with Gasteiger partial charge in [0.05, 0.1) is 7.11 Å². The van der Waals surface area contributed by atoms with E-state index in [0.29, 0.717) is 0 Å². The molecule has 17 heavy (non-hydrogen) atoms. The van der Waals surface area contributed by atoms with Gasteiger partial charge in [0.2, 0.25) is 0 Å². The van der Waals surface area contributed by atoms with E-state index in [1.54, 1.807) is 0 Å². The molecule has 1 aliphatic carbocycles. The fraction of sp³-hybridized carbons (Fsp3) is 0.400. The quantitative estimate of drug-likeness (QED) is 0.692. The SMILES string of the molecule is COC(=O)C1=Cc2ccccc2C(C)(C)CC1. The molecule has 1 aromatic carbocycles. The maximum absolute atomic E-state index is 11.6. The van der Waals surface area contributed by atoms with Crippen molar-refractivity contribution in [1.29, 1.82) is 0 Å². The molecule has 0 saturated carbocycles. The number of carbonyl (C=O) groups is 1. The molecule has 0 bridgehead atoms. The van der Waals surface area contributed by atoms with Crippen molar-refractivity contribution in [3.63, 3.8) is 0 Å².